The SMILES string of the molecule is CC(=O)NCCCC[C@H](NC(=O)[C@@H](Cc1ccccc1)N(C)C(=O)[C@@H](Cc1ccc2ccccc2c1)NC(=O)/C=C/CC(C)(C)N)C(N)=O. The monoisotopic (exact) mass is 670 g/mol. The van der Waals surface area contributed by atoms with E-state index in [1.54, 1.807) is 6.08 Å². The van der Waals surface area contributed by atoms with Crippen molar-refractivity contribution in [2.75, 3.05) is 13.6 Å². The summed E-state index contributed by atoms with van der Waals surface area (Å²) in [5.74, 6) is -2.34. The fourth-order valence-electron chi connectivity index (χ4n) is 5.42. The molecule has 0 heterocycles. The second-order valence-electron chi connectivity index (χ2n) is 13.1. The molecular weight excluding hydrogens is 620 g/mol. The summed E-state index contributed by atoms with van der Waals surface area (Å²) >= 11 is 0. The number of nitrogens with two attached hydrogens (primary N) is 2. The van der Waals surface area contributed by atoms with E-state index in [1.807, 2.05) is 86.6 Å². The zero-order chi connectivity index (χ0) is 36.0. The number of carbonyl (C=O) groups is 5. The molecule has 7 N–H and O–H groups in total. The van der Waals surface area contributed by atoms with E-state index in [1.165, 1.54) is 24.9 Å². The molecule has 0 radical (unpaired) electrons. The van der Waals surface area contributed by atoms with Gasteiger partial charge < -0.3 is 32.3 Å². The minimum atomic E-state index is -1.03. The van der Waals surface area contributed by atoms with Crippen LogP contribution in [0.25, 0.3) is 10.8 Å². The summed E-state index contributed by atoms with van der Waals surface area (Å²) < 4.78 is 0. The van der Waals surface area contributed by atoms with Crippen molar-refractivity contribution in [1.29, 1.82) is 0 Å². The number of unbranched alkanes of at least 4 members (excludes halogenated alkanes) is 1. The third kappa shape index (κ3) is 13.2. The van der Waals surface area contributed by atoms with Crippen LogP contribution in [0.2, 0.25) is 0 Å². The molecule has 3 aromatic carbocycles. The van der Waals surface area contributed by atoms with Gasteiger partial charge in [0.05, 0.1) is 0 Å². The van der Waals surface area contributed by atoms with Crippen molar-refractivity contribution in [3.63, 3.8) is 0 Å². The van der Waals surface area contributed by atoms with Crippen LogP contribution < -0.4 is 27.4 Å². The number of benzene rings is 3. The first-order valence-electron chi connectivity index (χ1n) is 16.6. The second-order valence-corrected chi connectivity index (χ2v) is 13.1. The van der Waals surface area contributed by atoms with Gasteiger partial charge in [-0.1, -0.05) is 78.9 Å². The molecule has 0 spiro atoms. The average Bonchev–Trinajstić information content (AvgIpc) is 3.05. The van der Waals surface area contributed by atoms with Crippen molar-refractivity contribution in [2.24, 2.45) is 11.5 Å². The smallest absolute Gasteiger partial charge is 0.245 e. The molecule has 11 nitrogen and oxygen atoms in total. The quantitative estimate of drug-likeness (QED) is 0.103. The van der Waals surface area contributed by atoms with E-state index < -0.39 is 47.3 Å². The van der Waals surface area contributed by atoms with Gasteiger partial charge in [-0.2, -0.15) is 0 Å². The summed E-state index contributed by atoms with van der Waals surface area (Å²) in [5.41, 5.74) is 12.8. The number of likely N-dealkylation sites (N-methyl/N-ethyl adjacent to an activating group) is 1. The number of primary amides is 1. The summed E-state index contributed by atoms with van der Waals surface area (Å²) in [6.07, 6.45) is 5.22. The first kappa shape index (κ1) is 38.4. The molecule has 0 aliphatic heterocycles. The van der Waals surface area contributed by atoms with Crippen LogP contribution in [0.3, 0.4) is 0 Å². The summed E-state index contributed by atoms with van der Waals surface area (Å²) in [4.78, 5) is 66.2. The highest BCUT2D eigenvalue weighted by Crippen LogP contribution is 2.18. The first-order chi connectivity index (χ1) is 23.2. The number of rotatable bonds is 18. The molecule has 0 aliphatic rings. The van der Waals surface area contributed by atoms with Crippen molar-refractivity contribution in [3.05, 3.63) is 96.1 Å². The Balaban J connectivity index is 1.88. The third-order valence-corrected chi connectivity index (χ3v) is 8.12. The Labute approximate surface area is 288 Å². The fraction of sp³-hybridized carbons (Fsp3) is 0.395. The maximum atomic E-state index is 14.3. The largest absolute Gasteiger partial charge is 0.368 e. The van der Waals surface area contributed by atoms with E-state index in [0.717, 1.165) is 21.9 Å². The summed E-state index contributed by atoms with van der Waals surface area (Å²) in [7, 11) is 1.52. The zero-order valence-corrected chi connectivity index (χ0v) is 28.9. The topological polar surface area (TPSA) is 177 Å². The third-order valence-electron chi connectivity index (χ3n) is 8.12. The van der Waals surface area contributed by atoms with Crippen LogP contribution in [-0.4, -0.2) is 71.7 Å². The minimum absolute atomic E-state index is 0.151. The zero-order valence-electron chi connectivity index (χ0n) is 28.9. The van der Waals surface area contributed by atoms with Crippen molar-refractivity contribution in [3.8, 4) is 0 Å². The van der Waals surface area contributed by atoms with E-state index in [4.69, 9.17) is 11.5 Å². The fourth-order valence-corrected chi connectivity index (χ4v) is 5.42. The lowest BCUT2D eigenvalue weighted by atomic mass is 9.98. The molecule has 0 unspecified atom stereocenters. The van der Waals surface area contributed by atoms with Gasteiger partial charge in [-0.15, -0.1) is 0 Å². The second kappa shape index (κ2) is 18.5. The van der Waals surface area contributed by atoms with Gasteiger partial charge in [-0.05, 0) is 67.5 Å². The van der Waals surface area contributed by atoms with E-state index in [-0.39, 0.29) is 25.2 Å². The van der Waals surface area contributed by atoms with Crippen molar-refractivity contribution >= 4 is 40.3 Å². The normalized spacial score (nSPS) is 13.3. The maximum absolute atomic E-state index is 14.3. The summed E-state index contributed by atoms with van der Waals surface area (Å²) in [6, 6.07) is 19.9. The molecule has 0 aromatic heterocycles. The molecule has 262 valence electrons. The number of amides is 5. The molecule has 5 amide bonds. The summed E-state index contributed by atoms with van der Waals surface area (Å²) in [6.45, 7) is 5.56. The Morgan fingerprint density at radius 3 is 2.16 bits per heavy atom. The highest BCUT2D eigenvalue weighted by molar-refractivity contribution is 5.96. The van der Waals surface area contributed by atoms with Crippen molar-refractivity contribution < 1.29 is 24.0 Å². The number of nitrogens with one attached hydrogen (secondary N) is 3. The molecule has 3 rings (SSSR count). The number of carbonyl (C=O) groups excluding carboxylic acids is 5. The van der Waals surface area contributed by atoms with Crippen molar-refractivity contribution in [2.45, 2.75) is 83.0 Å². The Morgan fingerprint density at radius 2 is 1.51 bits per heavy atom. The lowest BCUT2D eigenvalue weighted by molar-refractivity contribution is -0.142. The molecular formula is C38H50N6O5. The van der Waals surface area contributed by atoms with Crippen LogP contribution in [0, 0.1) is 0 Å². The lowest BCUT2D eigenvalue weighted by Crippen LogP contribution is -2.57. The van der Waals surface area contributed by atoms with Gasteiger partial charge in [0.25, 0.3) is 0 Å². The molecule has 3 aromatic rings. The molecule has 0 saturated heterocycles. The molecule has 0 saturated carbocycles. The van der Waals surface area contributed by atoms with Crippen LogP contribution >= 0.6 is 0 Å². The predicted octanol–water partition coefficient (Wildman–Crippen LogP) is 2.90. The van der Waals surface area contributed by atoms with Gasteiger partial charge in [-0.3, -0.25) is 24.0 Å². The molecule has 0 aliphatic carbocycles. The number of hydrogen-bond donors (Lipinski definition) is 5. The number of fused-ring (bicyclic) bond motifs is 1. The van der Waals surface area contributed by atoms with Gasteiger partial charge >= 0.3 is 0 Å². The Morgan fingerprint density at radius 1 is 0.837 bits per heavy atom. The lowest BCUT2D eigenvalue weighted by Gasteiger charge is -2.32. The Bertz CT molecular complexity index is 1620. The Kier molecular flexibility index (Phi) is 14.5. The average molecular weight is 671 g/mol. The molecule has 0 bridgehead atoms. The molecule has 0 fully saturated rings. The van der Waals surface area contributed by atoms with Gasteiger partial charge in [-0.25, -0.2) is 0 Å². The number of hydrogen-bond acceptors (Lipinski definition) is 6. The van der Waals surface area contributed by atoms with Gasteiger partial charge in [0.15, 0.2) is 0 Å². The summed E-state index contributed by atoms with van der Waals surface area (Å²) in [5, 5.41) is 10.3. The van der Waals surface area contributed by atoms with Gasteiger partial charge in [0.2, 0.25) is 29.5 Å². The maximum Gasteiger partial charge on any atom is 0.245 e. The molecule has 3 atom stereocenters. The van der Waals surface area contributed by atoms with E-state index in [9.17, 15) is 24.0 Å². The van der Waals surface area contributed by atoms with Crippen LogP contribution in [-0.2, 0) is 36.8 Å². The number of nitrogens with zero attached hydrogens (tertiary/aromatic N) is 1. The highest BCUT2D eigenvalue weighted by Gasteiger charge is 2.34. The molecule has 11 heteroatoms. The van der Waals surface area contributed by atoms with E-state index in [2.05, 4.69) is 16.0 Å². The van der Waals surface area contributed by atoms with Crippen LogP contribution in [0.5, 0.6) is 0 Å². The minimum Gasteiger partial charge on any atom is -0.368 e. The van der Waals surface area contributed by atoms with Gasteiger partial charge in [0, 0.05) is 38.9 Å². The van der Waals surface area contributed by atoms with Crippen molar-refractivity contribution in [1.82, 2.24) is 20.9 Å². The van der Waals surface area contributed by atoms with E-state index >= 15 is 0 Å². The van der Waals surface area contributed by atoms with Crippen LogP contribution in [0.4, 0.5) is 0 Å². The van der Waals surface area contributed by atoms with E-state index in [0.29, 0.717) is 25.8 Å². The highest BCUT2D eigenvalue weighted by atomic mass is 16.2. The van der Waals surface area contributed by atoms with Gasteiger partial charge in [0.1, 0.15) is 18.1 Å². The van der Waals surface area contributed by atoms with Crippen LogP contribution in [0.1, 0.15) is 57.6 Å². The Hall–Kier alpha value is -5.03. The molecule has 49 heavy (non-hydrogen) atoms. The standard InChI is InChI=1S/C38H50N6O5/c1-26(45)41-22-11-10-17-31(35(39)47)43-36(48)33(25-27-13-6-5-7-14-27)44(4)37(49)32(42-34(46)18-12-21-38(2,3)40)24-28-19-20-29-15-8-9-16-30(29)23-28/h5-9,12-16,18-20,23,31-33H,10-11,17,21-22,24-25,40H2,1-4H3,(H2,39,47)(H,41,45)(H,42,46)(H,43,48)/b18-12+/t31-,32+,33+/m0/s1. The predicted molar refractivity (Wildman–Crippen MR) is 192 cm³/mol. The van der Waals surface area contributed by atoms with Crippen LogP contribution in [0.15, 0.2) is 84.9 Å². The first-order valence-corrected chi connectivity index (χ1v) is 16.6.